The molecule has 21 N–H and O–H groups in total. The van der Waals surface area contributed by atoms with Gasteiger partial charge in [0.1, 0.15) is 140 Å². The number of aliphatic hydroxyl groups is 19. The van der Waals surface area contributed by atoms with Crippen LogP contribution in [0.2, 0.25) is 0 Å². The molecule has 6 fully saturated rings. The summed E-state index contributed by atoms with van der Waals surface area (Å²) >= 11 is 0. The molecule has 0 radical (unpaired) electrons. The van der Waals surface area contributed by atoms with Gasteiger partial charge in [0.05, 0.1) is 45.2 Å². The van der Waals surface area contributed by atoms with Crippen LogP contribution in [0.3, 0.4) is 0 Å². The van der Waals surface area contributed by atoms with Crippen molar-refractivity contribution in [2.75, 3.05) is 33.0 Å². The van der Waals surface area contributed by atoms with Gasteiger partial charge in [-0.15, -0.1) is 0 Å². The zero-order chi connectivity index (χ0) is 55.7. The van der Waals surface area contributed by atoms with Gasteiger partial charge in [-0.3, -0.25) is 4.79 Å². The van der Waals surface area contributed by atoms with E-state index >= 15 is 0 Å². The minimum Gasteiger partial charge on any atom is -0.477 e. The lowest BCUT2D eigenvalue weighted by molar-refractivity contribution is -0.401. The predicted octanol–water partition coefficient (Wildman–Crippen LogP) is -13.7. The molecule has 0 bridgehead atoms. The Kier molecular flexibility index (Phi) is 21.4. The van der Waals surface area contributed by atoms with Crippen LogP contribution in [0.1, 0.15) is 20.3 Å². The number of carboxylic acid groups (broad SMARTS) is 1. The van der Waals surface area contributed by atoms with Gasteiger partial charge in [-0.05, 0) is 6.92 Å². The molecule has 6 rings (SSSR count). The molecule has 6 saturated heterocycles. The molecule has 75 heavy (non-hydrogen) atoms. The summed E-state index contributed by atoms with van der Waals surface area (Å²) in [6.07, 6.45) is -60.4. The molecule has 436 valence electrons. The SMILES string of the molecule is CC(=O)N[C@H]1[C@H](O[C@H]2[C@@H](O)[C@@H](CO)O[C@@H](O[C@H]3[C@H](O)[C@@H](O)[C@H](O)O[C@@H]3CO)[C@@H]2O)O[C@H](CO)[C@@H](O[C@@H]2O[C@H](CO)[C@H](O)[C@H](O[C@]3(C(=O)O)C[C@H](O)[C@@H](O)[C@H]([C@H](O)[C@H](O)CO)O3)[C@H]2O)[C@@H]1O[C@@H]1O[C@@H](C)[C@H](O)[C@@H](O)[C@H]1O. The molecule has 0 aromatic rings. The number of rotatable bonds is 19. The van der Waals surface area contributed by atoms with Crippen molar-refractivity contribution in [1.82, 2.24) is 5.32 Å². The molecule has 0 spiro atoms. The van der Waals surface area contributed by atoms with Crippen LogP contribution in [0, 0.1) is 0 Å². The number of hydrogen-bond donors (Lipinski definition) is 21. The van der Waals surface area contributed by atoms with E-state index < -0.39 is 241 Å². The van der Waals surface area contributed by atoms with Crippen molar-refractivity contribution >= 4 is 11.9 Å². The van der Waals surface area contributed by atoms with Crippen molar-refractivity contribution in [3.8, 4) is 0 Å². The average molecular weight is 1100 g/mol. The van der Waals surface area contributed by atoms with Crippen LogP contribution in [0.15, 0.2) is 0 Å². The fourth-order valence-corrected chi connectivity index (χ4v) is 9.53. The number of amides is 1. The molecule has 34 heteroatoms. The number of carboxylic acids is 1. The first-order valence-corrected chi connectivity index (χ1v) is 23.6. The standard InChI is InChI=1S/C41H69NO33/c1-9-18(51)23(56)26(59)37(65-9)72-31-17(42-10(2)48)36(73-32-21(54)13(5-44)67-38(27(32)60)70-29-15(7-46)66-35(62)25(58)24(29)57)69-16(8-47)30(31)71-39-28(61)34(22(55)14(6-45)68-39)75-41(40(63)64)3-11(49)19(52)33(74-41)20(53)12(50)4-43/h9,11-39,43-47,49-62H,3-8H2,1-2H3,(H,42,48)(H,63,64)/t9-,11-,12+,13+,14+,15+,16+,17+,18-,19+,20+,21-,22-,23+,24+,25+,26+,27+,28+,29+,30+,31+,32-,33+,34-,35+,36-,37-,38-,39-,41-/m0/s1. The molecular weight excluding hydrogens is 1030 g/mol. The maximum atomic E-state index is 13.1. The van der Waals surface area contributed by atoms with Crippen molar-refractivity contribution in [1.29, 1.82) is 0 Å². The topological polar surface area (TPSA) is 552 Å². The van der Waals surface area contributed by atoms with Crippen LogP contribution < -0.4 is 5.32 Å². The van der Waals surface area contributed by atoms with Crippen molar-refractivity contribution in [2.24, 2.45) is 0 Å². The highest BCUT2D eigenvalue weighted by Crippen LogP contribution is 2.40. The maximum Gasteiger partial charge on any atom is 0.364 e. The third kappa shape index (κ3) is 12.9. The Morgan fingerprint density at radius 3 is 1.59 bits per heavy atom. The summed E-state index contributed by atoms with van der Waals surface area (Å²) in [5.74, 6) is -6.31. The van der Waals surface area contributed by atoms with Crippen molar-refractivity contribution in [2.45, 2.75) is 210 Å². The lowest BCUT2D eigenvalue weighted by Crippen LogP contribution is -2.72. The van der Waals surface area contributed by atoms with Gasteiger partial charge in [0.2, 0.25) is 5.91 Å². The van der Waals surface area contributed by atoms with Gasteiger partial charge in [-0.2, -0.15) is 0 Å². The second kappa shape index (κ2) is 25.9. The van der Waals surface area contributed by atoms with Gasteiger partial charge < -0.3 is 160 Å². The third-order valence-corrected chi connectivity index (χ3v) is 13.8. The normalized spacial score (nSPS) is 49.7. The summed E-state index contributed by atoms with van der Waals surface area (Å²) < 4.78 is 63.1. The number of aliphatic carboxylic acids is 1. The largest absolute Gasteiger partial charge is 0.477 e. The maximum absolute atomic E-state index is 13.1. The van der Waals surface area contributed by atoms with Crippen LogP contribution >= 0.6 is 0 Å². The minimum absolute atomic E-state index is 0.941. The van der Waals surface area contributed by atoms with E-state index in [1.807, 2.05) is 0 Å². The summed E-state index contributed by atoms with van der Waals surface area (Å²) in [4.78, 5) is 26.0. The number of carbonyl (C=O) groups excluding carboxylic acids is 1. The van der Waals surface area contributed by atoms with Gasteiger partial charge in [0.15, 0.2) is 31.5 Å². The molecule has 0 saturated carbocycles. The highest BCUT2D eigenvalue weighted by molar-refractivity contribution is 5.76. The second-order valence-corrected chi connectivity index (χ2v) is 18.9. The van der Waals surface area contributed by atoms with Crippen molar-refractivity contribution in [3.05, 3.63) is 0 Å². The first-order valence-electron chi connectivity index (χ1n) is 23.6. The molecule has 0 aliphatic carbocycles. The van der Waals surface area contributed by atoms with Crippen molar-refractivity contribution in [3.63, 3.8) is 0 Å². The molecule has 6 aliphatic rings. The second-order valence-electron chi connectivity index (χ2n) is 18.9. The summed E-state index contributed by atoms with van der Waals surface area (Å²) in [5, 5.41) is 215. The highest BCUT2D eigenvalue weighted by Gasteiger charge is 2.61. The summed E-state index contributed by atoms with van der Waals surface area (Å²) in [7, 11) is 0. The Labute approximate surface area is 423 Å². The van der Waals surface area contributed by atoms with Crippen LogP contribution in [-0.4, -0.2) is 337 Å². The van der Waals surface area contributed by atoms with Gasteiger partial charge in [0.25, 0.3) is 5.79 Å². The van der Waals surface area contributed by atoms with E-state index in [2.05, 4.69) is 5.32 Å². The number of aliphatic hydroxyl groups excluding tert-OH is 19. The van der Waals surface area contributed by atoms with E-state index in [0.29, 0.717) is 0 Å². The molecule has 34 nitrogen and oxygen atoms in total. The monoisotopic (exact) mass is 1100 g/mol. The number of nitrogens with one attached hydrogen (secondary N) is 1. The minimum atomic E-state index is -3.24. The summed E-state index contributed by atoms with van der Waals surface area (Å²) in [6.45, 7) is -3.30. The molecule has 0 aromatic carbocycles. The molecular formula is C41H69NO33. The Morgan fingerprint density at radius 1 is 0.547 bits per heavy atom. The van der Waals surface area contributed by atoms with Crippen LogP contribution in [0.4, 0.5) is 0 Å². The van der Waals surface area contributed by atoms with Crippen molar-refractivity contribution < 1.29 is 164 Å². The van der Waals surface area contributed by atoms with Gasteiger partial charge in [0, 0.05) is 13.3 Å². The van der Waals surface area contributed by atoms with Gasteiger partial charge in [-0.1, -0.05) is 0 Å². The summed E-state index contributed by atoms with van der Waals surface area (Å²) in [5.41, 5.74) is 0. The van der Waals surface area contributed by atoms with Crippen LogP contribution in [-0.2, 0) is 61.7 Å². The molecule has 31 atom stereocenters. The fraction of sp³-hybridized carbons (Fsp3) is 0.951. The van der Waals surface area contributed by atoms with E-state index in [-0.39, 0.29) is 0 Å². The first kappa shape index (κ1) is 61.9. The van der Waals surface area contributed by atoms with E-state index in [1.165, 1.54) is 6.92 Å². The van der Waals surface area contributed by atoms with Crippen LogP contribution in [0.25, 0.3) is 0 Å². The number of hydrogen-bond acceptors (Lipinski definition) is 32. The van der Waals surface area contributed by atoms with E-state index in [4.69, 9.17) is 52.1 Å². The smallest absolute Gasteiger partial charge is 0.364 e. The Balaban J connectivity index is 1.36. The predicted molar refractivity (Wildman–Crippen MR) is 227 cm³/mol. The fourth-order valence-electron chi connectivity index (χ4n) is 9.53. The number of ether oxygens (including phenoxy) is 11. The summed E-state index contributed by atoms with van der Waals surface area (Å²) in [6, 6.07) is -1.94. The van der Waals surface area contributed by atoms with E-state index in [9.17, 15) is 112 Å². The lowest BCUT2D eigenvalue weighted by atomic mass is 9.90. The van der Waals surface area contributed by atoms with E-state index in [1.54, 1.807) is 0 Å². The highest BCUT2D eigenvalue weighted by atomic mass is 16.8. The molecule has 6 heterocycles. The zero-order valence-corrected chi connectivity index (χ0v) is 39.8. The zero-order valence-electron chi connectivity index (χ0n) is 39.8. The Hall–Kier alpha value is -2.26. The van der Waals surface area contributed by atoms with E-state index in [0.717, 1.165) is 6.92 Å². The Morgan fingerprint density at radius 2 is 1.04 bits per heavy atom. The Bertz CT molecular complexity index is 1830. The average Bonchev–Trinajstić information content (AvgIpc) is 3.37. The van der Waals surface area contributed by atoms with Gasteiger partial charge in [-0.25, -0.2) is 4.79 Å². The third-order valence-electron chi connectivity index (χ3n) is 13.8. The van der Waals surface area contributed by atoms with Crippen LogP contribution in [0.5, 0.6) is 0 Å². The van der Waals surface area contributed by atoms with Gasteiger partial charge >= 0.3 is 5.97 Å². The molecule has 6 aliphatic heterocycles. The molecule has 1 amide bonds. The molecule has 0 aromatic heterocycles. The lowest BCUT2D eigenvalue weighted by Gasteiger charge is -2.52. The first-order chi connectivity index (χ1) is 35.3. The number of carbonyl (C=O) groups is 2. The quantitative estimate of drug-likeness (QED) is 0.0571. The molecule has 0 unspecified atom stereocenters.